The molecule has 3 rings (SSSR count). The molecule has 0 aromatic carbocycles. The second-order valence-corrected chi connectivity index (χ2v) is 8.19. The number of rotatable bonds is 4. The molecule has 1 aromatic heterocycles. The zero-order valence-electron chi connectivity index (χ0n) is 16.4. The minimum Gasteiger partial charge on any atom is -0.480 e. The first kappa shape index (κ1) is 20.8. The van der Waals surface area contributed by atoms with E-state index in [1.54, 1.807) is 17.3 Å². The molecule has 1 amide bonds. The zero-order chi connectivity index (χ0) is 20.7. The molecule has 0 saturated carbocycles. The number of amides is 1. The molecule has 1 N–H and O–H groups in total. The largest absolute Gasteiger partial charge is 0.498 e. The van der Waals surface area contributed by atoms with Crippen LogP contribution in [-0.4, -0.2) is 81.7 Å². The van der Waals surface area contributed by atoms with Crippen molar-refractivity contribution in [1.82, 2.24) is 14.9 Å². The molecule has 3 heterocycles. The van der Waals surface area contributed by atoms with Crippen molar-refractivity contribution in [2.45, 2.75) is 44.9 Å². The molecule has 1 atom stereocenters. The van der Waals surface area contributed by atoms with E-state index in [9.17, 15) is 14.7 Å². The highest BCUT2D eigenvalue weighted by Gasteiger charge is 2.52. The van der Waals surface area contributed by atoms with Crippen LogP contribution < -0.4 is 10.4 Å². The van der Waals surface area contributed by atoms with Gasteiger partial charge in [0.2, 0.25) is 11.9 Å². The Balaban J connectivity index is 1.72. The Morgan fingerprint density at radius 1 is 1.21 bits per heavy atom. The van der Waals surface area contributed by atoms with Gasteiger partial charge in [-0.3, -0.25) is 4.79 Å². The van der Waals surface area contributed by atoms with E-state index in [2.05, 4.69) is 9.97 Å². The number of hydrogen-bond donors (Lipinski definition) is 1. The lowest BCUT2D eigenvalue weighted by atomic mass is 9.81. The number of nitrogens with zero attached hydrogens (tertiary/aromatic N) is 4. The van der Waals surface area contributed by atoms with E-state index in [1.807, 2.05) is 27.7 Å². The normalized spacial score (nSPS) is 23.8. The Hall–Kier alpha value is -1.91. The number of alkyl halides is 1. The predicted molar refractivity (Wildman–Crippen MR) is 104 cm³/mol. The summed E-state index contributed by atoms with van der Waals surface area (Å²) in [5.74, 6) is -1.34. The molecule has 0 radical (unpaired) electrons. The van der Waals surface area contributed by atoms with Crippen molar-refractivity contribution in [1.29, 1.82) is 0 Å². The van der Waals surface area contributed by atoms with Crippen molar-refractivity contribution < 1.29 is 24.0 Å². The topological polar surface area (TPSA) is 105 Å². The van der Waals surface area contributed by atoms with E-state index in [1.165, 1.54) is 4.90 Å². The maximum absolute atomic E-state index is 11.9. The van der Waals surface area contributed by atoms with Crippen LogP contribution in [0.3, 0.4) is 0 Å². The van der Waals surface area contributed by atoms with Gasteiger partial charge < -0.3 is 24.2 Å². The molecular weight excluding hydrogens is 386 g/mol. The average Bonchev–Trinajstić information content (AvgIpc) is 2.88. The van der Waals surface area contributed by atoms with Gasteiger partial charge in [0.1, 0.15) is 11.9 Å². The van der Waals surface area contributed by atoms with Crippen LogP contribution in [0.15, 0.2) is 12.4 Å². The summed E-state index contributed by atoms with van der Waals surface area (Å²) in [6.07, 6.45) is 3.24. The van der Waals surface area contributed by atoms with E-state index in [-0.39, 0.29) is 19.0 Å². The van der Waals surface area contributed by atoms with E-state index in [0.29, 0.717) is 18.0 Å². The number of piperazine rings is 1. The number of halogens is 1. The van der Waals surface area contributed by atoms with Gasteiger partial charge in [0, 0.05) is 30.9 Å². The van der Waals surface area contributed by atoms with Crippen molar-refractivity contribution in [2.24, 2.45) is 0 Å². The van der Waals surface area contributed by atoms with Gasteiger partial charge in [-0.1, -0.05) is 0 Å². The Morgan fingerprint density at radius 2 is 1.79 bits per heavy atom. The lowest BCUT2D eigenvalue weighted by molar-refractivity contribution is -0.149. The highest BCUT2D eigenvalue weighted by molar-refractivity contribution is 6.61. The van der Waals surface area contributed by atoms with Gasteiger partial charge in [-0.2, -0.15) is 0 Å². The zero-order valence-corrected chi connectivity index (χ0v) is 17.1. The quantitative estimate of drug-likeness (QED) is 0.551. The first-order valence-corrected chi connectivity index (χ1v) is 9.60. The van der Waals surface area contributed by atoms with Crippen LogP contribution >= 0.6 is 11.6 Å². The van der Waals surface area contributed by atoms with E-state index in [0.717, 1.165) is 0 Å². The van der Waals surface area contributed by atoms with Gasteiger partial charge in [0.25, 0.3) is 0 Å². The molecule has 2 aliphatic heterocycles. The number of aliphatic carboxylic acids is 1. The van der Waals surface area contributed by atoms with Gasteiger partial charge in [0.15, 0.2) is 0 Å². The number of aromatic nitrogens is 2. The average molecular weight is 411 g/mol. The molecule has 0 aliphatic carbocycles. The van der Waals surface area contributed by atoms with Crippen molar-refractivity contribution in [2.75, 3.05) is 30.4 Å². The maximum atomic E-state index is 11.9. The molecule has 2 saturated heterocycles. The summed E-state index contributed by atoms with van der Waals surface area (Å²) in [6, 6.07) is -0.994. The molecule has 0 spiro atoms. The highest BCUT2D eigenvalue weighted by atomic mass is 35.5. The third-order valence-electron chi connectivity index (χ3n) is 5.57. The van der Waals surface area contributed by atoms with Crippen molar-refractivity contribution in [3.63, 3.8) is 0 Å². The molecule has 0 unspecified atom stereocenters. The Bertz CT molecular complexity index is 744. The van der Waals surface area contributed by atoms with Gasteiger partial charge in [-0.05, 0) is 27.7 Å². The predicted octanol–water partition coefficient (Wildman–Crippen LogP) is 0.116. The molecule has 28 heavy (non-hydrogen) atoms. The molecule has 152 valence electrons. The Labute approximate surface area is 169 Å². The lowest BCUT2D eigenvalue weighted by Gasteiger charge is -2.39. The fourth-order valence-electron chi connectivity index (χ4n) is 3.15. The van der Waals surface area contributed by atoms with Crippen LogP contribution in [0.1, 0.15) is 27.7 Å². The summed E-state index contributed by atoms with van der Waals surface area (Å²) in [5, 5.41) is 9.47. The summed E-state index contributed by atoms with van der Waals surface area (Å²) in [7, 11) is -0.566. The number of anilines is 1. The smallest absolute Gasteiger partial charge is 0.480 e. The second kappa shape index (κ2) is 7.49. The standard InChI is InChI=1S/C17H24BClN4O5/c1-16(2)17(3,4)28-18(27-16)11-8-20-15(21-9-11)22-5-6-23(13(24)7-19)12(10-22)14(25)26/h8-9,12H,5-7,10H2,1-4H3,(H,25,26)/t12-/m1/s1. The fourth-order valence-corrected chi connectivity index (χ4v) is 3.30. The summed E-state index contributed by atoms with van der Waals surface area (Å²) >= 11 is 5.58. The molecule has 0 bridgehead atoms. The number of carboxylic acid groups (broad SMARTS) is 1. The monoisotopic (exact) mass is 410 g/mol. The molecule has 1 aromatic rings. The van der Waals surface area contributed by atoms with Gasteiger partial charge in [-0.25, -0.2) is 14.8 Å². The fraction of sp³-hybridized carbons (Fsp3) is 0.647. The van der Waals surface area contributed by atoms with Crippen molar-refractivity contribution in [3.8, 4) is 0 Å². The highest BCUT2D eigenvalue weighted by Crippen LogP contribution is 2.36. The summed E-state index contributed by atoms with van der Waals surface area (Å²) < 4.78 is 12.0. The van der Waals surface area contributed by atoms with E-state index >= 15 is 0 Å². The van der Waals surface area contributed by atoms with Gasteiger partial charge in [-0.15, -0.1) is 11.6 Å². The van der Waals surface area contributed by atoms with Crippen LogP contribution in [0.25, 0.3) is 0 Å². The van der Waals surface area contributed by atoms with Crippen molar-refractivity contribution in [3.05, 3.63) is 12.4 Å². The van der Waals surface area contributed by atoms with E-state index in [4.69, 9.17) is 20.9 Å². The van der Waals surface area contributed by atoms with Crippen LogP contribution in [-0.2, 0) is 18.9 Å². The second-order valence-electron chi connectivity index (χ2n) is 7.93. The third-order valence-corrected chi connectivity index (χ3v) is 5.80. The molecular formula is C17H24BClN4O5. The summed E-state index contributed by atoms with van der Waals surface area (Å²) in [5.41, 5.74) is -0.236. The SMILES string of the molecule is CC1(C)OB(c2cnc(N3CCN(C(=O)CCl)[C@@H](C(=O)O)C3)nc2)OC1(C)C. The molecule has 2 aliphatic rings. The van der Waals surface area contributed by atoms with Gasteiger partial charge >= 0.3 is 13.1 Å². The summed E-state index contributed by atoms with van der Waals surface area (Å²) in [4.78, 5) is 35.2. The first-order valence-electron chi connectivity index (χ1n) is 9.06. The van der Waals surface area contributed by atoms with Crippen LogP contribution in [0.2, 0.25) is 0 Å². The van der Waals surface area contributed by atoms with Crippen LogP contribution in [0.5, 0.6) is 0 Å². The Morgan fingerprint density at radius 3 is 2.29 bits per heavy atom. The molecule has 9 nitrogen and oxygen atoms in total. The summed E-state index contributed by atoms with van der Waals surface area (Å²) in [6.45, 7) is 8.62. The van der Waals surface area contributed by atoms with Crippen LogP contribution in [0.4, 0.5) is 5.95 Å². The lowest BCUT2D eigenvalue weighted by Crippen LogP contribution is -2.59. The number of carbonyl (C=O) groups is 2. The number of hydrogen-bond acceptors (Lipinski definition) is 7. The third kappa shape index (κ3) is 3.81. The number of carboxylic acids is 1. The van der Waals surface area contributed by atoms with Gasteiger partial charge in [0.05, 0.1) is 17.7 Å². The van der Waals surface area contributed by atoms with Crippen molar-refractivity contribution >= 4 is 42.0 Å². The Kier molecular flexibility index (Phi) is 5.57. The first-order chi connectivity index (χ1) is 13.1. The molecule has 11 heteroatoms. The molecule has 2 fully saturated rings. The maximum Gasteiger partial charge on any atom is 0.498 e. The minimum absolute atomic E-state index is 0.0911. The van der Waals surface area contributed by atoms with Crippen LogP contribution in [0, 0.1) is 0 Å². The number of carbonyl (C=O) groups excluding carboxylic acids is 1. The minimum atomic E-state index is -1.09. The van der Waals surface area contributed by atoms with E-state index < -0.39 is 36.2 Å².